The van der Waals surface area contributed by atoms with E-state index in [2.05, 4.69) is 25.8 Å². The molecule has 0 spiro atoms. The van der Waals surface area contributed by atoms with Crippen molar-refractivity contribution in [1.29, 1.82) is 0 Å². The third-order valence-corrected chi connectivity index (χ3v) is 4.98. The summed E-state index contributed by atoms with van der Waals surface area (Å²) in [7, 11) is 0. The quantitative estimate of drug-likeness (QED) is 0.384. The Morgan fingerprint density at radius 3 is 2.17 bits per heavy atom. The molecule has 3 aromatic carbocycles. The Morgan fingerprint density at radius 2 is 1.48 bits per heavy atom. The monoisotopic (exact) mass is 381 g/mol. The molecular formula is C26H23NO2. The third kappa shape index (κ3) is 3.90. The highest BCUT2D eigenvalue weighted by molar-refractivity contribution is 5.98. The largest absolute Gasteiger partial charge is 0.420 e. The summed E-state index contributed by atoms with van der Waals surface area (Å²) in [5.74, 6) is 0.0972. The highest BCUT2D eigenvalue weighted by Gasteiger charge is 2.19. The van der Waals surface area contributed by atoms with Gasteiger partial charge in [0.25, 0.3) is 0 Å². The van der Waals surface area contributed by atoms with Crippen molar-refractivity contribution < 1.29 is 9.53 Å². The van der Waals surface area contributed by atoms with Gasteiger partial charge >= 0.3 is 5.97 Å². The lowest BCUT2D eigenvalue weighted by Gasteiger charge is -2.19. The van der Waals surface area contributed by atoms with Crippen molar-refractivity contribution in [2.45, 2.75) is 26.2 Å². The minimum Gasteiger partial charge on any atom is -0.420 e. The standard InChI is InChI=1S/C26H23NO2/c1-26(2,3)21-15-13-19(14-16-21)25(28)29-24-22-12-8-7-11-20(22)17-27-23(24)18-9-5-4-6-10-18/h4-17H,1-3H3. The molecule has 1 aromatic heterocycles. The maximum absolute atomic E-state index is 13.0. The number of hydrogen-bond acceptors (Lipinski definition) is 3. The van der Waals surface area contributed by atoms with Gasteiger partial charge in [-0.05, 0) is 23.1 Å². The van der Waals surface area contributed by atoms with Gasteiger partial charge in [-0.15, -0.1) is 0 Å². The van der Waals surface area contributed by atoms with E-state index in [1.54, 1.807) is 0 Å². The second-order valence-electron chi connectivity index (χ2n) is 8.11. The van der Waals surface area contributed by atoms with E-state index < -0.39 is 0 Å². The minimum absolute atomic E-state index is 0.0302. The third-order valence-electron chi connectivity index (χ3n) is 4.98. The average Bonchev–Trinajstić information content (AvgIpc) is 2.74. The number of carbonyl (C=O) groups is 1. The average molecular weight is 381 g/mol. The van der Waals surface area contributed by atoms with Crippen LogP contribution in [0.3, 0.4) is 0 Å². The van der Waals surface area contributed by atoms with E-state index in [4.69, 9.17) is 4.74 Å². The number of esters is 1. The highest BCUT2D eigenvalue weighted by atomic mass is 16.5. The molecule has 0 amide bonds. The number of benzene rings is 3. The maximum atomic E-state index is 13.0. The van der Waals surface area contributed by atoms with E-state index in [9.17, 15) is 4.79 Å². The molecule has 3 heteroatoms. The summed E-state index contributed by atoms with van der Waals surface area (Å²) in [4.78, 5) is 17.5. The number of rotatable bonds is 3. The molecular weight excluding hydrogens is 358 g/mol. The number of pyridine rings is 1. The molecule has 0 aliphatic carbocycles. The normalized spacial score (nSPS) is 11.4. The molecule has 0 bridgehead atoms. The smallest absolute Gasteiger partial charge is 0.343 e. The van der Waals surface area contributed by atoms with Crippen molar-refractivity contribution in [3.05, 3.63) is 96.2 Å². The van der Waals surface area contributed by atoms with Crippen LogP contribution in [0.15, 0.2) is 85.1 Å². The van der Waals surface area contributed by atoms with Crippen LogP contribution in [0.2, 0.25) is 0 Å². The van der Waals surface area contributed by atoms with Gasteiger partial charge in [-0.3, -0.25) is 4.98 Å². The molecule has 0 fully saturated rings. The van der Waals surface area contributed by atoms with Crippen LogP contribution in [-0.4, -0.2) is 11.0 Å². The highest BCUT2D eigenvalue weighted by Crippen LogP contribution is 2.35. The Kier molecular flexibility index (Phi) is 4.89. The molecule has 0 N–H and O–H groups in total. The summed E-state index contributed by atoms with van der Waals surface area (Å²) in [6.45, 7) is 6.44. The summed E-state index contributed by atoms with van der Waals surface area (Å²) in [6, 6.07) is 25.2. The molecule has 4 rings (SSSR count). The molecule has 0 saturated heterocycles. The van der Waals surface area contributed by atoms with Crippen molar-refractivity contribution in [2.75, 3.05) is 0 Å². The molecule has 0 atom stereocenters. The summed E-state index contributed by atoms with van der Waals surface area (Å²) < 4.78 is 5.92. The number of ether oxygens (including phenoxy) is 1. The fourth-order valence-corrected chi connectivity index (χ4v) is 3.30. The van der Waals surface area contributed by atoms with Crippen LogP contribution in [0.1, 0.15) is 36.7 Å². The fourth-order valence-electron chi connectivity index (χ4n) is 3.30. The van der Waals surface area contributed by atoms with Gasteiger partial charge < -0.3 is 4.74 Å². The van der Waals surface area contributed by atoms with Gasteiger partial charge in [0.2, 0.25) is 0 Å². The topological polar surface area (TPSA) is 39.2 Å². The minimum atomic E-state index is -0.388. The Balaban J connectivity index is 1.76. The van der Waals surface area contributed by atoms with Gasteiger partial charge in [0.05, 0.1) is 5.56 Å². The first kappa shape index (κ1) is 18.9. The van der Waals surface area contributed by atoms with Crippen LogP contribution in [-0.2, 0) is 5.41 Å². The summed E-state index contributed by atoms with van der Waals surface area (Å²) in [6.07, 6.45) is 1.81. The SMILES string of the molecule is CC(C)(C)c1ccc(C(=O)Oc2c(-c3ccccc3)ncc3ccccc23)cc1. The van der Waals surface area contributed by atoms with Crippen molar-refractivity contribution in [3.63, 3.8) is 0 Å². The van der Waals surface area contributed by atoms with E-state index in [1.807, 2.05) is 85.1 Å². The van der Waals surface area contributed by atoms with Crippen molar-refractivity contribution >= 4 is 16.7 Å². The van der Waals surface area contributed by atoms with Gasteiger partial charge in [-0.1, -0.05) is 87.5 Å². The Hall–Kier alpha value is -3.46. The Morgan fingerprint density at radius 1 is 0.828 bits per heavy atom. The van der Waals surface area contributed by atoms with Crippen LogP contribution in [0.5, 0.6) is 5.75 Å². The van der Waals surface area contributed by atoms with Crippen LogP contribution in [0.25, 0.3) is 22.0 Å². The maximum Gasteiger partial charge on any atom is 0.343 e. The van der Waals surface area contributed by atoms with Crippen LogP contribution in [0.4, 0.5) is 0 Å². The lowest BCUT2D eigenvalue weighted by atomic mass is 9.87. The Labute approximate surface area is 171 Å². The lowest BCUT2D eigenvalue weighted by Crippen LogP contribution is -2.13. The summed E-state index contributed by atoms with van der Waals surface area (Å²) >= 11 is 0. The first-order valence-electron chi connectivity index (χ1n) is 9.69. The van der Waals surface area contributed by atoms with Gasteiger partial charge in [0, 0.05) is 22.5 Å². The van der Waals surface area contributed by atoms with E-state index >= 15 is 0 Å². The first-order valence-corrected chi connectivity index (χ1v) is 9.69. The fraction of sp³-hybridized carbons (Fsp3) is 0.154. The van der Waals surface area contributed by atoms with Crippen LogP contribution in [0, 0.1) is 0 Å². The number of carbonyl (C=O) groups excluding carboxylic acids is 1. The molecule has 0 aliphatic rings. The van der Waals surface area contributed by atoms with Gasteiger partial charge in [0.1, 0.15) is 5.69 Å². The van der Waals surface area contributed by atoms with Gasteiger partial charge in [0.15, 0.2) is 5.75 Å². The van der Waals surface area contributed by atoms with E-state index in [-0.39, 0.29) is 11.4 Å². The lowest BCUT2D eigenvalue weighted by molar-refractivity contribution is 0.0737. The van der Waals surface area contributed by atoms with E-state index in [0.717, 1.165) is 16.3 Å². The van der Waals surface area contributed by atoms with Gasteiger partial charge in [-0.2, -0.15) is 0 Å². The van der Waals surface area contributed by atoms with E-state index in [0.29, 0.717) is 17.0 Å². The zero-order chi connectivity index (χ0) is 20.4. The molecule has 144 valence electrons. The zero-order valence-electron chi connectivity index (χ0n) is 16.8. The number of fused-ring (bicyclic) bond motifs is 1. The van der Waals surface area contributed by atoms with Crippen LogP contribution < -0.4 is 4.74 Å². The molecule has 0 saturated carbocycles. The molecule has 0 aliphatic heterocycles. The second kappa shape index (κ2) is 7.51. The predicted octanol–water partition coefficient (Wildman–Crippen LogP) is 6.42. The first-order chi connectivity index (χ1) is 13.9. The molecule has 0 radical (unpaired) electrons. The zero-order valence-corrected chi connectivity index (χ0v) is 16.8. The predicted molar refractivity (Wildman–Crippen MR) is 117 cm³/mol. The van der Waals surface area contributed by atoms with Crippen molar-refractivity contribution in [2.24, 2.45) is 0 Å². The number of nitrogens with zero attached hydrogens (tertiary/aromatic N) is 1. The molecule has 29 heavy (non-hydrogen) atoms. The van der Waals surface area contributed by atoms with Crippen molar-refractivity contribution in [1.82, 2.24) is 4.98 Å². The molecule has 3 nitrogen and oxygen atoms in total. The Bertz CT molecular complexity index is 1160. The number of aromatic nitrogens is 1. The molecule has 1 heterocycles. The van der Waals surface area contributed by atoms with E-state index in [1.165, 1.54) is 5.56 Å². The van der Waals surface area contributed by atoms with Crippen LogP contribution >= 0.6 is 0 Å². The van der Waals surface area contributed by atoms with Crippen molar-refractivity contribution in [3.8, 4) is 17.0 Å². The molecule has 0 unspecified atom stereocenters. The second-order valence-corrected chi connectivity index (χ2v) is 8.11. The summed E-state index contributed by atoms with van der Waals surface area (Å²) in [5.41, 5.74) is 3.28. The van der Waals surface area contributed by atoms with Gasteiger partial charge in [-0.25, -0.2) is 4.79 Å². The summed E-state index contributed by atoms with van der Waals surface area (Å²) in [5, 5.41) is 1.79. The number of hydrogen-bond donors (Lipinski definition) is 0. The molecule has 4 aromatic rings.